The normalized spacial score (nSPS) is 17.4. The maximum absolute atomic E-state index is 12.7. The van der Waals surface area contributed by atoms with Gasteiger partial charge in [0.1, 0.15) is 0 Å². The van der Waals surface area contributed by atoms with Gasteiger partial charge in [0, 0.05) is 37.6 Å². The Morgan fingerprint density at radius 1 is 1.04 bits per heavy atom. The molecule has 0 N–H and O–H groups in total. The van der Waals surface area contributed by atoms with Crippen LogP contribution >= 0.6 is 11.3 Å². The highest BCUT2D eigenvalue weighted by Gasteiger charge is 2.28. The largest absolute Gasteiger partial charge is 0.296 e. The molecule has 23 heavy (non-hydrogen) atoms. The van der Waals surface area contributed by atoms with E-state index in [1.807, 2.05) is 12.1 Å². The molecule has 0 unspecified atom stereocenters. The molecule has 1 fully saturated rings. The van der Waals surface area contributed by atoms with Gasteiger partial charge in [0.05, 0.1) is 4.90 Å². The van der Waals surface area contributed by atoms with E-state index in [9.17, 15) is 8.42 Å². The minimum absolute atomic E-state index is 0.404. The van der Waals surface area contributed by atoms with Crippen molar-refractivity contribution in [3.63, 3.8) is 0 Å². The molecular weight excluding hydrogens is 328 g/mol. The van der Waals surface area contributed by atoms with Crippen LogP contribution in [0.2, 0.25) is 0 Å². The van der Waals surface area contributed by atoms with E-state index in [0.717, 1.165) is 31.6 Å². The molecule has 1 aromatic heterocycles. The molecule has 1 aliphatic heterocycles. The molecule has 1 saturated heterocycles. The van der Waals surface area contributed by atoms with Crippen LogP contribution in [-0.4, -0.2) is 43.8 Å². The monoisotopic (exact) mass is 350 g/mol. The van der Waals surface area contributed by atoms with Gasteiger partial charge in [-0.1, -0.05) is 25.1 Å². The zero-order valence-corrected chi connectivity index (χ0v) is 14.9. The number of thiophene rings is 1. The third-order valence-electron chi connectivity index (χ3n) is 4.26. The molecule has 4 nitrogen and oxygen atoms in total. The van der Waals surface area contributed by atoms with Crippen LogP contribution in [0, 0.1) is 0 Å². The first-order valence-electron chi connectivity index (χ1n) is 7.93. The number of sulfonamides is 1. The van der Waals surface area contributed by atoms with Gasteiger partial charge in [-0.05, 0) is 35.6 Å². The van der Waals surface area contributed by atoms with E-state index in [2.05, 4.69) is 29.3 Å². The van der Waals surface area contributed by atoms with Gasteiger partial charge in [0.25, 0.3) is 0 Å². The Balaban J connectivity index is 1.63. The van der Waals surface area contributed by atoms with Crippen molar-refractivity contribution in [2.75, 3.05) is 26.2 Å². The van der Waals surface area contributed by atoms with E-state index in [-0.39, 0.29) is 0 Å². The molecule has 1 aromatic carbocycles. The zero-order valence-electron chi connectivity index (χ0n) is 13.3. The van der Waals surface area contributed by atoms with Crippen molar-refractivity contribution in [3.8, 4) is 0 Å². The van der Waals surface area contributed by atoms with Crippen molar-refractivity contribution in [2.24, 2.45) is 0 Å². The van der Waals surface area contributed by atoms with Crippen LogP contribution in [0.15, 0.2) is 46.7 Å². The van der Waals surface area contributed by atoms with E-state index < -0.39 is 10.0 Å². The standard InChI is InChI=1S/C17H22N2O2S2/c1-2-15-5-7-17(8-6-15)23(20,21)19-11-9-18(10-12-19)14-16-4-3-13-22-16/h3-8,13H,2,9-12,14H2,1H3. The summed E-state index contributed by atoms with van der Waals surface area (Å²) in [4.78, 5) is 4.05. The Bertz CT molecular complexity index is 716. The van der Waals surface area contributed by atoms with Gasteiger partial charge in [-0.3, -0.25) is 4.90 Å². The second-order valence-electron chi connectivity index (χ2n) is 5.76. The number of piperazine rings is 1. The lowest BCUT2D eigenvalue weighted by Crippen LogP contribution is -2.48. The maximum Gasteiger partial charge on any atom is 0.243 e. The van der Waals surface area contributed by atoms with E-state index >= 15 is 0 Å². The first kappa shape index (κ1) is 16.6. The first-order valence-corrected chi connectivity index (χ1v) is 10.3. The molecule has 3 rings (SSSR count). The SMILES string of the molecule is CCc1ccc(S(=O)(=O)N2CCN(Cc3cccs3)CC2)cc1. The second-order valence-corrected chi connectivity index (χ2v) is 8.73. The first-order chi connectivity index (χ1) is 11.1. The fourth-order valence-electron chi connectivity index (χ4n) is 2.80. The lowest BCUT2D eigenvalue weighted by atomic mass is 10.2. The quantitative estimate of drug-likeness (QED) is 0.832. The van der Waals surface area contributed by atoms with Crippen molar-refractivity contribution in [3.05, 3.63) is 52.2 Å². The van der Waals surface area contributed by atoms with Crippen molar-refractivity contribution in [2.45, 2.75) is 24.8 Å². The summed E-state index contributed by atoms with van der Waals surface area (Å²) < 4.78 is 27.0. The highest BCUT2D eigenvalue weighted by Crippen LogP contribution is 2.20. The molecule has 6 heteroatoms. The van der Waals surface area contributed by atoms with Gasteiger partial charge in [0.2, 0.25) is 10.0 Å². The summed E-state index contributed by atoms with van der Waals surface area (Å²) >= 11 is 1.75. The summed E-state index contributed by atoms with van der Waals surface area (Å²) in [5, 5.41) is 2.08. The topological polar surface area (TPSA) is 40.6 Å². The molecule has 0 atom stereocenters. The summed E-state index contributed by atoms with van der Waals surface area (Å²) in [5.41, 5.74) is 1.16. The van der Waals surface area contributed by atoms with E-state index in [1.54, 1.807) is 27.8 Å². The molecular formula is C17H22N2O2S2. The Morgan fingerprint density at radius 2 is 1.74 bits per heavy atom. The average Bonchev–Trinajstić information content (AvgIpc) is 3.08. The fourth-order valence-corrected chi connectivity index (χ4v) is 4.97. The number of benzene rings is 1. The van der Waals surface area contributed by atoms with Crippen molar-refractivity contribution < 1.29 is 8.42 Å². The second kappa shape index (κ2) is 7.13. The molecule has 2 heterocycles. The maximum atomic E-state index is 12.7. The Labute approximate surface area is 142 Å². The minimum atomic E-state index is -3.36. The Kier molecular flexibility index (Phi) is 5.16. The van der Waals surface area contributed by atoms with Crippen LogP contribution in [0.5, 0.6) is 0 Å². The lowest BCUT2D eigenvalue weighted by Gasteiger charge is -2.33. The number of nitrogens with zero attached hydrogens (tertiary/aromatic N) is 2. The Morgan fingerprint density at radius 3 is 2.30 bits per heavy atom. The summed E-state index contributed by atoms with van der Waals surface area (Å²) in [6.45, 7) is 5.66. The van der Waals surface area contributed by atoms with Gasteiger partial charge in [-0.15, -0.1) is 11.3 Å². The van der Waals surface area contributed by atoms with Crippen LogP contribution in [0.3, 0.4) is 0 Å². The molecule has 0 amide bonds. The highest BCUT2D eigenvalue weighted by molar-refractivity contribution is 7.89. The summed E-state index contributed by atoms with van der Waals surface area (Å²) in [5.74, 6) is 0. The predicted octanol–water partition coefficient (Wildman–Crippen LogP) is 2.82. The van der Waals surface area contributed by atoms with Gasteiger partial charge in [-0.25, -0.2) is 8.42 Å². The smallest absolute Gasteiger partial charge is 0.243 e. The number of hydrogen-bond donors (Lipinski definition) is 0. The van der Waals surface area contributed by atoms with Gasteiger partial charge >= 0.3 is 0 Å². The number of aryl methyl sites for hydroxylation is 1. The van der Waals surface area contributed by atoms with E-state index in [1.165, 1.54) is 4.88 Å². The van der Waals surface area contributed by atoms with Gasteiger partial charge in [0.15, 0.2) is 0 Å². The van der Waals surface area contributed by atoms with Crippen LogP contribution in [0.1, 0.15) is 17.4 Å². The molecule has 0 radical (unpaired) electrons. The molecule has 0 saturated carbocycles. The van der Waals surface area contributed by atoms with Crippen molar-refractivity contribution in [1.82, 2.24) is 9.21 Å². The fraction of sp³-hybridized carbons (Fsp3) is 0.412. The van der Waals surface area contributed by atoms with Gasteiger partial charge in [-0.2, -0.15) is 4.31 Å². The summed E-state index contributed by atoms with van der Waals surface area (Å²) in [6.07, 6.45) is 0.918. The Hall–Kier alpha value is -1.21. The predicted molar refractivity (Wildman–Crippen MR) is 94.2 cm³/mol. The van der Waals surface area contributed by atoms with Gasteiger partial charge < -0.3 is 0 Å². The van der Waals surface area contributed by atoms with Crippen LogP contribution in [-0.2, 0) is 23.0 Å². The van der Waals surface area contributed by atoms with E-state index in [0.29, 0.717) is 18.0 Å². The average molecular weight is 351 g/mol. The lowest BCUT2D eigenvalue weighted by molar-refractivity contribution is 0.183. The van der Waals surface area contributed by atoms with Crippen molar-refractivity contribution >= 4 is 21.4 Å². The number of hydrogen-bond acceptors (Lipinski definition) is 4. The summed E-state index contributed by atoms with van der Waals surface area (Å²) in [6, 6.07) is 11.4. The van der Waals surface area contributed by atoms with Crippen LogP contribution in [0.25, 0.3) is 0 Å². The highest BCUT2D eigenvalue weighted by atomic mass is 32.2. The molecule has 124 valence electrons. The minimum Gasteiger partial charge on any atom is -0.296 e. The molecule has 1 aliphatic rings. The number of rotatable bonds is 5. The molecule has 2 aromatic rings. The van der Waals surface area contributed by atoms with Crippen LogP contribution in [0.4, 0.5) is 0 Å². The van der Waals surface area contributed by atoms with E-state index in [4.69, 9.17) is 0 Å². The molecule has 0 spiro atoms. The molecule has 0 aliphatic carbocycles. The molecule has 0 bridgehead atoms. The zero-order chi connectivity index (χ0) is 16.3. The van der Waals surface area contributed by atoms with Crippen LogP contribution < -0.4 is 0 Å². The summed E-state index contributed by atoms with van der Waals surface area (Å²) in [7, 11) is -3.36. The third kappa shape index (κ3) is 3.83. The van der Waals surface area contributed by atoms with Crippen molar-refractivity contribution in [1.29, 1.82) is 0 Å². The third-order valence-corrected chi connectivity index (χ3v) is 7.03.